The number of hydrogen-bond donors (Lipinski definition) is 0. The maximum atomic E-state index is 4.39. The zero-order chi connectivity index (χ0) is 8.67. The molecule has 2 aliphatic heterocycles. The van der Waals surface area contributed by atoms with Crippen LogP contribution < -0.4 is 0 Å². The third-order valence-corrected chi connectivity index (χ3v) is 3.30. The van der Waals surface area contributed by atoms with E-state index in [9.17, 15) is 0 Å². The second-order valence-corrected chi connectivity index (χ2v) is 4.05. The highest BCUT2D eigenvalue weighted by molar-refractivity contribution is 5.11. The van der Waals surface area contributed by atoms with E-state index in [2.05, 4.69) is 14.9 Å². The first kappa shape index (κ1) is 7.44. The fraction of sp³-hybridized carbons (Fsp3) is 0.600. The number of nitrogens with zero attached hydrogens (tertiary/aromatic N) is 3. The highest BCUT2D eigenvalue weighted by Gasteiger charge is 2.39. The molecule has 3 rings (SSSR count). The second-order valence-electron chi connectivity index (χ2n) is 4.05. The molecule has 0 radical (unpaired) electrons. The summed E-state index contributed by atoms with van der Waals surface area (Å²) in [5.41, 5.74) is 1.19. The van der Waals surface area contributed by atoms with Gasteiger partial charge in [0.05, 0.1) is 5.69 Å². The van der Waals surface area contributed by atoms with Crippen LogP contribution in [0.15, 0.2) is 18.6 Å². The number of fused-ring (bicyclic) bond motifs is 2. The quantitative estimate of drug-likeness (QED) is 0.635. The van der Waals surface area contributed by atoms with Gasteiger partial charge < -0.3 is 4.90 Å². The van der Waals surface area contributed by atoms with Crippen LogP contribution in [0, 0.1) is 5.92 Å². The molecule has 68 valence electrons. The summed E-state index contributed by atoms with van der Waals surface area (Å²) in [6, 6.07) is 0. The molecule has 0 saturated carbocycles. The normalized spacial score (nSPS) is 36.8. The van der Waals surface area contributed by atoms with Gasteiger partial charge in [-0.15, -0.1) is 0 Å². The second kappa shape index (κ2) is 2.77. The fourth-order valence-corrected chi connectivity index (χ4v) is 2.62. The maximum Gasteiger partial charge on any atom is 0.0633 e. The van der Waals surface area contributed by atoms with Gasteiger partial charge >= 0.3 is 0 Å². The lowest BCUT2D eigenvalue weighted by atomic mass is 9.90. The van der Waals surface area contributed by atoms with Crippen molar-refractivity contribution in [3.8, 4) is 0 Å². The van der Waals surface area contributed by atoms with Crippen molar-refractivity contribution in [1.82, 2.24) is 14.9 Å². The first-order chi connectivity index (χ1) is 6.43. The van der Waals surface area contributed by atoms with Crippen molar-refractivity contribution >= 4 is 0 Å². The minimum absolute atomic E-state index is 0.655. The molecular weight excluding hydrogens is 162 g/mol. The Bertz CT molecular complexity index is 298. The van der Waals surface area contributed by atoms with Crippen LogP contribution in [-0.4, -0.2) is 34.5 Å². The summed E-state index contributed by atoms with van der Waals surface area (Å²) in [4.78, 5) is 11.1. The summed E-state index contributed by atoms with van der Waals surface area (Å²) in [6.07, 6.45) is 6.82. The molecule has 0 aliphatic carbocycles. The molecule has 2 bridgehead atoms. The Kier molecular flexibility index (Phi) is 1.59. The van der Waals surface area contributed by atoms with Crippen molar-refractivity contribution < 1.29 is 0 Å². The fourth-order valence-electron chi connectivity index (χ4n) is 2.62. The molecule has 0 spiro atoms. The Morgan fingerprint density at radius 1 is 1.31 bits per heavy atom. The van der Waals surface area contributed by atoms with Crippen molar-refractivity contribution in [2.75, 3.05) is 19.6 Å². The van der Waals surface area contributed by atoms with E-state index in [-0.39, 0.29) is 0 Å². The molecule has 3 heterocycles. The van der Waals surface area contributed by atoms with Crippen LogP contribution in [0.25, 0.3) is 0 Å². The van der Waals surface area contributed by atoms with Crippen molar-refractivity contribution in [3.63, 3.8) is 0 Å². The molecular formula is C10H13N3. The van der Waals surface area contributed by atoms with Gasteiger partial charge in [0.2, 0.25) is 0 Å². The average Bonchev–Trinajstić information content (AvgIpc) is 2.80. The standard InChI is InChI=1S/C10H13N3/c1-4-13-6-8(1)9(7-13)10-5-11-2-3-12-10/h2-3,5,8-9H,1,4,6-7H2/t8?,9-/m0/s1. The number of hydrogen-bond acceptors (Lipinski definition) is 3. The van der Waals surface area contributed by atoms with Gasteiger partial charge in [0.1, 0.15) is 0 Å². The zero-order valence-electron chi connectivity index (χ0n) is 7.56. The number of rotatable bonds is 1. The molecule has 2 aliphatic rings. The first-order valence-electron chi connectivity index (χ1n) is 4.92. The minimum Gasteiger partial charge on any atom is -0.302 e. The molecule has 2 saturated heterocycles. The molecule has 0 N–H and O–H groups in total. The molecule has 2 fully saturated rings. The van der Waals surface area contributed by atoms with Crippen LogP contribution in [0.3, 0.4) is 0 Å². The monoisotopic (exact) mass is 175 g/mol. The summed E-state index contributed by atoms with van der Waals surface area (Å²) < 4.78 is 0. The predicted octanol–water partition coefficient (Wildman–Crippen LogP) is 0.896. The highest BCUT2D eigenvalue weighted by Crippen LogP contribution is 2.38. The van der Waals surface area contributed by atoms with Crippen molar-refractivity contribution in [1.29, 1.82) is 0 Å². The highest BCUT2D eigenvalue weighted by atomic mass is 15.2. The van der Waals surface area contributed by atoms with E-state index in [0.29, 0.717) is 5.92 Å². The molecule has 13 heavy (non-hydrogen) atoms. The molecule has 3 nitrogen and oxygen atoms in total. The van der Waals surface area contributed by atoms with Gasteiger partial charge in [-0.1, -0.05) is 0 Å². The third-order valence-electron chi connectivity index (χ3n) is 3.30. The van der Waals surface area contributed by atoms with E-state index in [1.165, 1.54) is 31.7 Å². The Hall–Kier alpha value is -0.960. The van der Waals surface area contributed by atoms with Crippen LogP contribution in [0.5, 0.6) is 0 Å². The van der Waals surface area contributed by atoms with Gasteiger partial charge in [0, 0.05) is 37.6 Å². The predicted molar refractivity (Wildman–Crippen MR) is 49.3 cm³/mol. The minimum atomic E-state index is 0.655. The molecule has 0 amide bonds. The Morgan fingerprint density at radius 3 is 2.92 bits per heavy atom. The molecule has 3 atom stereocenters. The van der Waals surface area contributed by atoms with E-state index < -0.39 is 0 Å². The van der Waals surface area contributed by atoms with Gasteiger partial charge in [-0.3, -0.25) is 9.97 Å². The van der Waals surface area contributed by atoms with Crippen molar-refractivity contribution in [3.05, 3.63) is 24.3 Å². The van der Waals surface area contributed by atoms with E-state index in [1.807, 2.05) is 6.20 Å². The van der Waals surface area contributed by atoms with Crippen molar-refractivity contribution in [2.45, 2.75) is 12.3 Å². The van der Waals surface area contributed by atoms with E-state index >= 15 is 0 Å². The van der Waals surface area contributed by atoms with Crippen LogP contribution in [0.2, 0.25) is 0 Å². The van der Waals surface area contributed by atoms with Gasteiger partial charge in [0.25, 0.3) is 0 Å². The van der Waals surface area contributed by atoms with E-state index in [4.69, 9.17) is 0 Å². The van der Waals surface area contributed by atoms with E-state index in [0.717, 1.165) is 5.92 Å². The lowest BCUT2D eigenvalue weighted by Gasteiger charge is -2.20. The summed E-state index contributed by atoms with van der Waals surface area (Å²) in [6.45, 7) is 3.77. The smallest absolute Gasteiger partial charge is 0.0633 e. The van der Waals surface area contributed by atoms with Crippen LogP contribution >= 0.6 is 0 Å². The Balaban J connectivity index is 1.87. The summed E-state index contributed by atoms with van der Waals surface area (Å²) in [7, 11) is 0. The average molecular weight is 175 g/mol. The van der Waals surface area contributed by atoms with Crippen LogP contribution in [-0.2, 0) is 0 Å². The maximum absolute atomic E-state index is 4.39. The number of aromatic nitrogens is 2. The van der Waals surface area contributed by atoms with E-state index in [1.54, 1.807) is 12.4 Å². The Labute approximate surface area is 77.8 Å². The topological polar surface area (TPSA) is 29.0 Å². The zero-order valence-corrected chi connectivity index (χ0v) is 7.56. The lowest BCUT2D eigenvalue weighted by molar-refractivity contribution is 0.343. The van der Waals surface area contributed by atoms with Crippen LogP contribution in [0.1, 0.15) is 18.0 Å². The van der Waals surface area contributed by atoms with Crippen LogP contribution in [0.4, 0.5) is 0 Å². The van der Waals surface area contributed by atoms with Gasteiger partial charge in [-0.2, -0.15) is 0 Å². The molecule has 3 heteroatoms. The Morgan fingerprint density at radius 2 is 2.31 bits per heavy atom. The van der Waals surface area contributed by atoms with Gasteiger partial charge in [-0.25, -0.2) is 0 Å². The third kappa shape index (κ3) is 1.15. The van der Waals surface area contributed by atoms with Gasteiger partial charge in [-0.05, 0) is 18.9 Å². The first-order valence-corrected chi connectivity index (χ1v) is 4.92. The molecule has 1 aromatic rings. The summed E-state index contributed by atoms with van der Waals surface area (Å²) in [5, 5.41) is 0. The largest absolute Gasteiger partial charge is 0.302 e. The molecule has 0 aromatic carbocycles. The SMILES string of the molecule is c1cnc([C@H]2CN3CCC2C3)cn1. The van der Waals surface area contributed by atoms with Gasteiger partial charge in [0.15, 0.2) is 0 Å². The molecule has 2 unspecified atom stereocenters. The van der Waals surface area contributed by atoms with Crippen molar-refractivity contribution in [2.24, 2.45) is 5.92 Å². The summed E-state index contributed by atoms with van der Waals surface area (Å²) in [5.74, 6) is 1.50. The number of piperidine rings is 1. The lowest BCUT2D eigenvalue weighted by Crippen LogP contribution is -2.22. The molecule has 1 aromatic heterocycles. The summed E-state index contributed by atoms with van der Waals surface area (Å²) >= 11 is 0.